The molecule has 0 saturated heterocycles. The molecule has 0 radical (unpaired) electrons. The Morgan fingerprint density at radius 2 is 2.05 bits per heavy atom. The Morgan fingerprint density at radius 1 is 1.26 bits per heavy atom. The average Bonchev–Trinajstić information content (AvgIpc) is 2.45. The van der Waals surface area contributed by atoms with E-state index in [9.17, 15) is 4.79 Å². The Morgan fingerprint density at radius 3 is 2.68 bits per heavy atom. The number of carbonyl (C=O) groups excluding carboxylic acids is 1. The summed E-state index contributed by atoms with van der Waals surface area (Å²) in [5.41, 5.74) is 0.729. The van der Waals surface area contributed by atoms with Crippen LogP contribution in [0, 0.1) is 0 Å². The molecule has 1 aliphatic rings. The molecule has 0 unspecified atom stereocenters. The molecule has 0 aromatic heterocycles. The van der Waals surface area contributed by atoms with Gasteiger partial charge in [-0.2, -0.15) is 0 Å². The maximum absolute atomic E-state index is 11.1. The average molecular weight is 259 g/mol. The standard InChI is InChI=1S/C16H21NO2/c1-14(18)15-6-8-16(9-7-15)19-13-5-12-17-10-3-2-4-11-17/h2-3,6-9H,4-5,10-13H2,1H3. The zero-order valence-corrected chi connectivity index (χ0v) is 11.5. The van der Waals surface area contributed by atoms with Crippen LogP contribution in [0.5, 0.6) is 5.75 Å². The van der Waals surface area contributed by atoms with Crippen LogP contribution in [0.15, 0.2) is 36.4 Å². The fourth-order valence-electron chi connectivity index (χ4n) is 2.16. The molecule has 0 atom stereocenters. The second kappa shape index (κ2) is 7.10. The van der Waals surface area contributed by atoms with Crippen molar-refractivity contribution in [2.24, 2.45) is 0 Å². The van der Waals surface area contributed by atoms with Gasteiger partial charge in [-0.05, 0) is 44.0 Å². The van der Waals surface area contributed by atoms with Crippen LogP contribution in [0.1, 0.15) is 30.1 Å². The zero-order chi connectivity index (χ0) is 13.5. The van der Waals surface area contributed by atoms with Gasteiger partial charge >= 0.3 is 0 Å². The van der Waals surface area contributed by atoms with Crippen molar-refractivity contribution in [3.63, 3.8) is 0 Å². The summed E-state index contributed by atoms with van der Waals surface area (Å²) in [6.07, 6.45) is 6.66. The molecule has 0 amide bonds. The zero-order valence-electron chi connectivity index (χ0n) is 11.5. The van der Waals surface area contributed by atoms with Crippen molar-refractivity contribution in [3.8, 4) is 5.75 Å². The van der Waals surface area contributed by atoms with Crippen LogP contribution in [0.4, 0.5) is 0 Å². The van der Waals surface area contributed by atoms with Crippen LogP contribution >= 0.6 is 0 Å². The first-order valence-electron chi connectivity index (χ1n) is 6.87. The number of hydrogen-bond acceptors (Lipinski definition) is 3. The maximum atomic E-state index is 11.1. The summed E-state index contributed by atoms with van der Waals surface area (Å²) in [4.78, 5) is 13.6. The predicted octanol–water partition coefficient (Wildman–Crippen LogP) is 2.92. The summed E-state index contributed by atoms with van der Waals surface area (Å²) in [6.45, 7) is 5.59. The molecule has 102 valence electrons. The van der Waals surface area contributed by atoms with Gasteiger partial charge in [0.25, 0.3) is 0 Å². The van der Waals surface area contributed by atoms with E-state index >= 15 is 0 Å². The Kier molecular flexibility index (Phi) is 5.16. The highest BCUT2D eigenvalue weighted by atomic mass is 16.5. The van der Waals surface area contributed by atoms with Crippen molar-refractivity contribution in [1.29, 1.82) is 0 Å². The SMILES string of the molecule is CC(=O)c1ccc(OCCCN2CC=CCC2)cc1. The van der Waals surface area contributed by atoms with Crippen LogP contribution in [-0.2, 0) is 0 Å². The first-order chi connectivity index (χ1) is 9.25. The minimum atomic E-state index is 0.0877. The van der Waals surface area contributed by atoms with Crippen molar-refractivity contribution in [2.45, 2.75) is 19.8 Å². The summed E-state index contributed by atoms with van der Waals surface area (Å²) in [7, 11) is 0. The lowest BCUT2D eigenvalue weighted by Crippen LogP contribution is -2.29. The van der Waals surface area contributed by atoms with Gasteiger partial charge in [-0.25, -0.2) is 0 Å². The van der Waals surface area contributed by atoms with Gasteiger partial charge in [-0.1, -0.05) is 12.2 Å². The van der Waals surface area contributed by atoms with Crippen molar-refractivity contribution in [3.05, 3.63) is 42.0 Å². The Hall–Kier alpha value is -1.61. The summed E-state index contributed by atoms with van der Waals surface area (Å²) in [5.74, 6) is 0.924. The molecular formula is C16H21NO2. The van der Waals surface area contributed by atoms with Crippen LogP contribution in [0.25, 0.3) is 0 Å². The maximum Gasteiger partial charge on any atom is 0.159 e. The molecule has 0 spiro atoms. The first kappa shape index (κ1) is 13.8. The second-order valence-corrected chi connectivity index (χ2v) is 4.84. The van der Waals surface area contributed by atoms with E-state index in [1.54, 1.807) is 6.92 Å². The van der Waals surface area contributed by atoms with E-state index in [1.807, 2.05) is 24.3 Å². The Labute approximate surface area is 114 Å². The Bertz CT molecular complexity index is 437. The number of ether oxygens (including phenoxy) is 1. The molecule has 0 bridgehead atoms. The van der Waals surface area contributed by atoms with Crippen molar-refractivity contribution < 1.29 is 9.53 Å². The van der Waals surface area contributed by atoms with Gasteiger partial charge in [0.05, 0.1) is 6.61 Å². The highest BCUT2D eigenvalue weighted by Gasteiger charge is 2.05. The number of carbonyl (C=O) groups is 1. The number of Topliss-reactive ketones (excluding diaryl/α,β-unsaturated/α-hetero) is 1. The van der Waals surface area contributed by atoms with Gasteiger partial charge in [0.2, 0.25) is 0 Å². The van der Waals surface area contributed by atoms with Crippen LogP contribution in [0.3, 0.4) is 0 Å². The number of benzene rings is 1. The molecule has 1 aromatic carbocycles. The summed E-state index contributed by atoms with van der Waals surface area (Å²) in [5, 5.41) is 0. The lowest BCUT2D eigenvalue weighted by molar-refractivity contribution is 0.101. The van der Waals surface area contributed by atoms with Gasteiger partial charge in [0.15, 0.2) is 5.78 Å². The molecule has 2 rings (SSSR count). The topological polar surface area (TPSA) is 29.5 Å². The molecule has 0 N–H and O–H groups in total. The van der Waals surface area contributed by atoms with E-state index in [2.05, 4.69) is 17.1 Å². The van der Waals surface area contributed by atoms with E-state index < -0.39 is 0 Å². The smallest absolute Gasteiger partial charge is 0.159 e. The van der Waals surface area contributed by atoms with Crippen LogP contribution in [0.2, 0.25) is 0 Å². The fourth-order valence-corrected chi connectivity index (χ4v) is 2.16. The molecule has 3 nitrogen and oxygen atoms in total. The number of nitrogens with zero attached hydrogens (tertiary/aromatic N) is 1. The molecule has 1 aliphatic heterocycles. The van der Waals surface area contributed by atoms with Crippen molar-refractivity contribution >= 4 is 5.78 Å². The van der Waals surface area contributed by atoms with Gasteiger partial charge in [0, 0.05) is 25.2 Å². The highest BCUT2D eigenvalue weighted by molar-refractivity contribution is 5.94. The van der Waals surface area contributed by atoms with E-state index in [1.165, 1.54) is 0 Å². The molecule has 0 saturated carbocycles. The number of ketones is 1. The predicted molar refractivity (Wildman–Crippen MR) is 76.8 cm³/mol. The quantitative estimate of drug-likeness (QED) is 0.447. The molecular weight excluding hydrogens is 238 g/mol. The summed E-state index contributed by atoms with van der Waals surface area (Å²) < 4.78 is 5.68. The fraction of sp³-hybridized carbons (Fsp3) is 0.438. The summed E-state index contributed by atoms with van der Waals surface area (Å²) >= 11 is 0. The third-order valence-corrected chi connectivity index (χ3v) is 3.29. The molecule has 1 heterocycles. The van der Waals surface area contributed by atoms with Gasteiger partial charge in [-0.3, -0.25) is 9.69 Å². The highest BCUT2D eigenvalue weighted by Crippen LogP contribution is 2.13. The first-order valence-corrected chi connectivity index (χ1v) is 6.87. The molecule has 0 fully saturated rings. The third kappa shape index (κ3) is 4.52. The van der Waals surface area contributed by atoms with E-state index in [4.69, 9.17) is 4.74 Å². The number of rotatable bonds is 6. The monoisotopic (exact) mass is 259 g/mol. The van der Waals surface area contributed by atoms with Crippen molar-refractivity contribution in [2.75, 3.05) is 26.2 Å². The summed E-state index contributed by atoms with van der Waals surface area (Å²) in [6, 6.07) is 7.35. The van der Waals surface area contributed by atoms with Crippen LogP contribution < -0.4 is 4.74 Å². The second-order valence-electron chi connectivity index (χ2n) is 4.84. The minimum absolute atomic E-state index is 0.0877. The molecule has 1 aromatic rings. The van der Waals surface area contributed by atoms with Crippen LogP contribution in [-0.4, -0.2) is 36.9 Å². The largest absolute Gasteiger partial charge is 0.494 e. The van der Waals surface area contributed by atoms with E-state index in [0.29, 0.717) is 0 Å². The lowest BCUT2D eigenvalue weighted by atomic mass is 10.1. The third-order valence-electron chi connectivity index (χ3n) is 3.29. The van der Waals surface area contributed by atoms with E-state index in [0.717, 1.165) is 50.4 Å². The normalized spacial score (nSPS) is 15.4. The van der Waals surface area contributed by atoms with Gasteiger partial charge in [-0.15, -0.1) is 0 Å². The Balaban J connectivity index is 1.67. The minimum Gasteiger partial charge on any atom is -0.494 e. The van der Waals surface area contributed by atoms with Gasteiger partial charge in [0.1, 0.15) is 5.75 Å². The van der Waals surface area contributed by atoms with Crippen molar-refractivity contribution in [1.82, 2.24) is 4.90 Å². The molecule has 19 heavy (non-hydrogen) atoms. The van der Waals surface area contributed by atoms with E-state index in [-0.39, 0.29) is 5.78 Å². The van der Waals surface area contributed by atoms with Gasteiger partial charge < -0.3 is 4.74 Å². The lowest BCUT2D eigenvalue weighted by Gasteiger charge is -2.22. The number of hydrogen-bond donors (Lipinski definition) is 0. The molecule has 3 heteroatoms. The molecule has 0 aliphatic carbocycles.